The van der Waals surface area contributed by atoms with E-state index in [9.17, 15) is 0 Å². The lowest BCUT2D eigenvalue weighted by Crippen LogP contribution is -2.24. The molecule has 3 rings (SSSR count). The van der Waals surface area contributed by atoms with Gasteiger partial charge in [0.15, 0.2) is 0 Å². The lowest BCUT2D eigenvalue weighted by Gasteiger charge is -2.19. The zero-order valence-electron chi connectivity index (χ0n) is 11.8. The Labute approximate surface area is 123 Å². The third-order valence-corrected chi connectivity index (χ3v) is 5.17. The smallest absolute Gasteiger partial charge is 0.0952 e. The van der Waals surface area contributed by atoms with Crippen LogP contribution in [0.4, 0.5) is 0 Å². The van der Waals surface area contributed by atoms with Crippen LogP contribution in [-0.2, 0) is 17.7 Å². The first kappa shape index (κ1) is 13.8. The molecule has 5 heteroatoms. The summed E-state index contributed by atoms with van der Waals surface area (Å²) in [6.07, 6.45) is 5.93. The lowest BCUT2D eigenvalue weighted by atomic mass is 9.97. The molecule has 2 atom stereocenters. The second kappa shape index (κ2) is 6.08. The number of ether oxygens (including phenoxy) is 1. The molecule has 0 amide bonds. The average molecular weight is 291 g/mol. The molecule has 2 aromatic rings. The molecule has 0 aromatic carbocycles. The predicted molar refractivity (Wildman–Crippen MR) is 80.9 cm³/mol. The van der Waals surface area contributed by atoms with Gasteiger partial charge in [0.25, 0.3) is 0 Å². The molecule has 0 saturated carbocycles. The van der Waals surface area contributed by atoms with E-state index in [2.05, 4.69) is 28.6 Å². The van der Waals surface area contributed by atoms with Gasteiger partial charge in [-0.3, -0.25) is 0 Å². The first-order valence-corrected chi connectivity index (χ1v) is 8.00. The summed E-state index contributed by atoms with van der Waals surface area (Å²) in [5.74, 6) is 0.417. The second-order valence-electron chi connectivity index (χ2n) is 5.32. The molecule has 1 saturated heterocycles. The van der Waals surface area contributed by atoms with Crippen LogP contribution in [0.25, 0.3) is 0 Å². The molecular weight excluding hydrogens is 270 g/mol. The number of thiophene rings is 1. The first-order chi connectivity index (χ1) is 9.78. The largest absolute Gasteiger partial charge is 0.381 e. The van der Waals surface area contributed by atoms with E-state index >= 15 is 0 Å². The SMILES string of the molecule is CCc1ccc(Cn2cncc2C(N)C2CCOC2)s1. The number of aryl methyl sites for hydroxylation is 1. The fraction of sp³-hybridized carbons (Fsp3) is 0.533. The summed E-state index contributed by atoms with van der Waals surface area (Å²) >= 11 is 1.87. The van der Waals surface area contributed by atoms with Crippen molar-refractivity contribution in [2.24, 2.45) is 11.7 Å². The fourth-order valence-electron chi connectivity index (χ4n) is 2.68. The predicted octanol–water partition coefficient (Wildman–Crippen LogP) is 2.59. The first-order valence-electron chi connectivity index (χ1n) is 7.19. The molecule has 2 unspecified atom stereocenters. The number of rotatable bonds is 5. The van der Waals surface area contributed by atoms with E-state index in [1.54, 1.807) is 0 Å². The maximum absolute atomic E-state index is 6.39. The Morgan fingerprint density at radius 3 is 3.05 bits per heavy atom. The van der Waals surface area contributed by atoms with Gasteiger partial charge in [-0.15, -0.1) is 11.3 Å². The molecule has 1 aliphatic rings. The van der Waals surface area contributed by atoms with E-state index in [1.807, 2.05) is 23.9 Å². The highest BCUT2D eigenvalue weighted by molar-refractivity contribution is 7.11. The van der Waals surface area contributed by atoms with E-state index in [0.29, 0.717) is 5.92 Å². The third kappa shape index (κ3) is 2.80. The van der Waals surface area contributed by atoms with Crippen molar-refractivity contribution in [1.29, 1.82) is 0 Å². The van der Waals surface area contributed by atoms with Crippen LogP contribution in [0.3, 0.4) is 0 Å². The number of hydrogen-bond acceptors (Lipinski definition) is 4. The highest BCUT2D eigenvalue weighted by atomic mass is 32.1. The van der Waals surface area contributed by atoms with Gasteiger partial charge in [0.1, 0.15) is 0 Å². The van der Waals surface area contributed by atoms with Crippen molar-refractivity contribution in [2.75, 3.05) is 13.2 Å². The van der Waals surface area contributed by atoms with Gasteiger partial charge in [0, 0.05) is 28.5 Å². The maximum Gasteiger partial charge on any atom is 0.0952 e. The molecular formula is C15H21N3OS. The van der Waals surface area contributed by atoms with Crippen LogP contribution in [0, 0.1) is 5.92 Å². The van der Waals surface area contributed by atoms with Gasteiger partial charge in [0.2, 0.25) is 0 Å². The van der Waals surface area contributed by atoms with Gasteiger partial charge in [-0.2, -0.15) is 0 Å². The molecule has 108 valence electrons. The van der Waals surface area contributed by atoms with Crippen LogP contribution in [0.15, 0.2) is 24.7 Å². The maximum atomic E-state index is 6.39. The number of hydrogen-bond donors (Lipinski definition) is 1. The van der Waals surface area contributed by atoms with Gasteiger partial charge < -0.3 is 15.0 Å². The fourth-order valence-corrected chi connectivity index (χ4v) is 3.64. The van der Waals surface area contributed by atoms with Crippen molar-refractivity contribution in [3.05, 3.63) is 40.1 Å². The van der Waals surface area contributed by atoms with E-state index in [1.165, 1.54) is 9.75 Å². The Bertz CT molecular complexity index is 557. The molecule has 2 N–H and O–H groups in total. The summed E-state index contributed by atoms with van der Waals surface area (Å²) < 4.78 is 7.62. The molecule has 2 aromatic heterocycles. The lowest BCUT2D eigenvalue weighted by molar-refractivity contribution is 0.180. The number of aromatic nitrogens is 2. The molecule has 0 spiro atoms. The monoisotopic (exact) mass is 291 g/mol. The van der Waals surface area contributed by atoms with Gasteiger partial charge in [0.05, 0.1) is 31.2 Å². The Morgan fingerprint density at radius 2 is 2.35 bits per heavy atom. The topological polar surface area (TPSA) is 53.1 Å². The molecule has 0 bridgehead atoms. The normalized spacial score (nSPS) is 20.4. The van der Waals surface area contributed by atoms with Crippen molar-refractivity contribution in [3.63, 3.8) is 0 Å². The minimum absolute atomic E-state index is 0.0191. The molecule has 3 heterocycles. The van der Waals surface area contributed by atoms with Crippen LogP contribution >= 0.6 is 11.3 Å². The highest BCUT2D eigenvalue weighted by Gasteiger charge is 2.26. The van der Waals surface area contributed by atoms with E-state index in [0.717, 1.165) is 38.3 Å². The molecule has 0 radical (unpaired) electrons. The zero-order valence-corrected chi connectivity index (χ0v) is 12.6. The Balaban J connectivity index is 1.75. The van der Waals surface area contributed by atoms with Crippen molar-refractivity contribution in [2.45, 2.75) is 32.4 Å². The molecule has 0 aliphatic carbocycles. The Kier molecular flexibility index (Phi) is 4.19. The van der Waals surface area contributed by atoms with Gasteiger partial charge in [-0.05, 0) is 25.0 Å². The highest BCUT2D eigenvalue weighted by Crippen LogP contribution is 2.27. The second-order valence-corrected chi connectivity index (χ2v) is 6.57. The van der Waals surface area contributed by atoms with Crippen LogP contribution in [0.5, 0.6) is 0 Å². The van der Waals surface area contributed by atoms with Crippen LogP contribution < -0.4 is 5.73 Å². The number of imidazole rings is 1. The molecule has 1 aliphatic heterocycles. The molecule has 4 nitrogen and oxygen atoms in total. The summed E-state index contributed by atoms with van der Waals surface area (Å²) in [5, 5.41) is 0. The van der Waals surface area contributed by atoms with Gasteiger partial charge >= 0.3 is 0 Å². The Hall–Kier alpha value is -1.17. The zero-order chi connectivity index (χ0) is 13.9. The standard InChI is InChI=1S/C15H21N3OS/c1-2-12-3-4-13(20-12)8-18-10-17-7-14(18)15(16)11-5-6-19-9-11/h3-4,7,10-11,15H,2,5-6,8-9,16H2,1H3. The van der Waals surface area contributed by atoms with Crippen LogP contribution in [0.1, 0.15) is 34.8 Å². The van der Waals surface area contributed by atoms with Crippen LogP contribution in [0.2, 0.25) is 0 Å². The average Bonchev–Trinajstić information content (AvgIpc) is 3.20. The minimum atomic E-state index is 0.0191. The van der Waals surface area contributed by atoms with Gasteiger partial charge in [-0.25, -0.2) is 4.98 Å². The molecule has 1 fully saturated rings. The Morgan fingerprint density at radius 1 is 1.50 bits per heavy atom. The summed E-state index contributed by atoms with van der Waals surface area (Å²) in [7, 11) is 0. The van der Waals surface area contributed by atoms with Crippen molar-refractivity contribution < 1.29 is 4.74 Å². The quantitative estimate of drug-likeness (QED) is 0.921. The van der Waals surface area contributed by atoms with Crippen molar-refractivity contribution >= 4 is 11.3 Å². The summed E-state index contributed by atoms with van der Waals surface area (Å²) in [6.45, 7) is 4.65. The third-order valence-electron chi connectivity index (χ3n) is 3.95. The minimum Gasteiger partial charge on any atom is -0.381 e. The van der Waals surface area contributed by atoms with Crippen molar-refractivity contribution in [3.8, 4) is 0 Å². The van der Waals surface area contributed by atoms with Gasteiger partial charge in [-0.1, -0.05) is 6.92 Å². The molecule has 20 heavy (non-hydrogen) atoms. The van der Waals surface area contributed by atoms with E-state index in [4.69, 9.17) is 10.5 Å². The van der Waals surface area contributed by atoms with Crippen molar-refractivity contribution in [1.82, 2.24) is 9.55 Å². The summed E-state index contributed by atoms with van der Waals surface area (Å²) in [5.41, 5.74) is 7.51. The number of nitrogens with two attached hydrogens (primary N) is 1. The summed E-state index contributed by atoms with van der Waals surface area (Å²) in [6, 6.07) is 4.43. The summed E-state index contributed by atoms with van der Waals surface area (Å²) in [4.78, 5) is 7.07. The van der Waals surface area contributed by atoms with Crippen LogP contribution in [-0.4, -0.2) is 22.8 Å². The van der Waals surface area contributed by atoms with E-state index in [-0.39, 0.29) is 6.04 Å². The number of nitrogens with zero attached hydrogens (tertiary/aromatic N) is 2. The van der Waals surface area contributed by atoms with E-state index < -0.39 is 0 Å².